The maximum atomic E-state index is 12.6. The molecular formula is C15H26N2O3. The zero-order valence-electron chi connectivity index (χ0n) is 12.8. The minimum absolute atomic E-state index is 0.0405. The van der Waals surface area contributed by atoms with Gasteiger partial charge in [-0.05, 0) is 30.6 Å². The van der Waals surface area contributed by atoms with Crippen molar-refractivity contribution in [1.29, 1.82) is 0 Å². The van der Waals surface area contributed by atoms with Crippen LogP contribution in [0.4, 0.5) is 4.79 Å². The molecule has 0 bridgehead atoms. The Morgan fingerprint density at radius 2 is 1.90 bits per heavy atom. The third kappa shape index (κ3) is 3.64. The summed E-state index contributed by atoms with van der Waals surface area (Å²) >= 11 is 0. The summed E-state index contributed by atoms with van der Waals surface area (Å²) in [6.45, 7) is 8.60. The average Bonchev–Trinajstić information content (AvgIpc) is 3.03. The van der Waals surface area contributed by atoms with Crippen LogP contribution in [0.25, 0.3) is 0 Å². The molecular weight excluding hydrogens is 256 g/mol. The number of carbonyl (C=O) groups excluding carboxylic acids is 1. The summed E-state index contributed by atoms with van der Waals surface area (Å²) in [5.41, 5.74) is 0.223. The van der Waals surface area contributed by atoms with Gasteiger partial charge in [0.15, 0.2) is 0 Å². The second kappa shape index (κ2) is 5.62. The van der Waals surface area contributed by atoms with Crippen LogP contribution < -0.4 is 0 Å². The van der Waals surface area contributed by atoms with Crippen molar-refractivity contribution in [3.05, 3.63) is 0 Å². The van der Waals surface area contributed by atoms with E-state index in [1.807, 2.05) is 4.90 Å². The number of carbonyl (C=O) groups is 2. The highest BCUT2D eigenvalue weighted by atomic mass is 16.4. The Morgan fingerprint density at radius 1 is 1.25 bits per heavy atom. The van der Waals surface area contributed by atoms with E-state index in [1.165, 1.54) is 0 Å². The predicted octanol–water partition coefficient (Wildman–Crippen LogP) is 2.41. The molecule has 1 atom stereocenters. The molecule has 0 spiro atoms. The molecule has 0 radical (unpaired) electrons. The molecule has 1 aliphatic heterocycles. The maximum Gasteiger partial charge on any atom is 0.320 e. The molecule has 1 unspecified atom stereocenters. The van der Waals surface area contributed by atoms with E-state index in [-0.39, 0.29) is 23.9 Å². The molecule has 1 N–H and O–H groups in total. The van der Waals surface area contributed by atoms with Gasteiger partial charge < -0.3 is 14.9 Å². The maximum absolute atomic E-state index is 12.6. The van der Waals surface area contributed by atoms with Gasteiger partial charge in [0.1, 0.15) is 0 Å². The smallest absolute Gasteiger partial charge is 0.320 e. The number of aliphatic carboxylic acids is 1. The van der Waals surface area contributed by atoms with Gasteiger partial charge in [0.25, 0.3) is 0 Å². The molecule has 2 fully saturated rings. The first-order valence-electron chi connectivity index (χ1n) is 7.56. The van der Waals surface area contributed by atoms with Crippen molar-refractivity contribution in [2.45, 2.75) is 52.5 Å². The van der Waals surface area contributed by atoms with Crippen LogP contribution in [0, 0.1) is 11.3 Å². The number of urea groups is 1. The highest BCUT2D eigenvalue weighted by Crippen LogP contribution is 2.35. The molecule has 5 nitrogen and oxygen atoms in total. The Hall–Kier alpha value is -1.26. The van der Waals surface area contributed by atoms with Crippen LogP contribution in [0.5, 0.6) is 0 Å². The quantitative estimate of drug-likeness (QED) is 0.861. The van der Waals surface area contributed by atoms with Gasteiger partial charge in [-0.25, -0.2) is 4.79 Å². The van der Waals surface area contributed by atoms with E-state index >= 15 is 0 Å². The fourth-order valence-corrected chi connectivity index (χ4v) is 2.86. The fraction of sp³-hybridized carbons (Fsp3) is 0.867. The summed E-state index contributed by atoms with van der Waals surface area (Å²) in [5, 5.41) is 8.81. The van der Waals surface area contributed by atoms with Crippen LogP contribution in [-0.4, -0.2) is 52.6 Å². The van der Waals surface area contributed by atoms with Gasteiger partial charge in [-0.15, -0.1) is 0 Å². The number of amides is 2. The molecule has 2 rings (SSSR count). The highest BCUT2D eigenvalue weighted by Gasteiger charge is 2.39. The summed E-state index contributed by atoms with van der Waals surface area (Å²) in [5.74, 6) is -0.301. The van der Waals surface area contributed by atoms with Gasteiger partial charge in [0.05, 0.1) is 6.42 Å². The van der Waals surface area contributed by atoms with Crippen molar-refractivity contribution >= 4 is 12.0 Å². The molecule has 20 heavy (non-hydrogen) atoms. The normalized spacial score (nSPS) is 22.9. The minimum Gasteiger partial charge on any atom is -0.481 e. The molecule has 1 heterocycles. The largest absolute Gasteiger partial charge is 0.481 e. The van der Waals surface area contributed by atoms with Gasteiger partial charge in [-0.2, -0.15) is 0 Å². The third-order valence-electron chi connectivity index (χ3n) is 4.48. The lowest BCUT2D eigenvalue weighted by Crippen LogP contribution is -2.44. The lowest BCUT2D eigenvalue weighted by Gasteiger charge is -2.30. The van der Waals surface area contributed by atoms with Crippen molar-refractivity contribution in [2.75, 3.05) is 19.6 Å². The van der Waals surface area contributed by atoms with E-state index in [0.717, 1.165) is 32.4 Å². The van der Waals surface area contributed by atoms with Crippen LogP contribution in [0.1, 0.15) is 46.5 Å². The van der Waals surface area contributed by atoms with Crippen LogP contribution in [0.3, 0.4) is 0 Å². The number of rotatable bonds is 4. The summed E-state index contributed by atoms with van der Waals surface area (Å²) < 4.78 is 0. The lowest BCUT2D eigenvalue weighted by atomic mass is 9.80. The summed E-state index contributed by atoms with van der Waals surface area (Å²) in [6.07, 6.45) is 3.12. The van der Waals surface area contributed by atoms with Crippen LogP contribution in [0.15, 0.2) is 0 Å². The molecule has 0 aromatic carbocycles. The second-order valence-electron chi connectivity index (χ2n) is 7.15. The van der Waals surface area contributed by atoms with E-state index in [9.17, 15) is 9.59 Å². The molecule has 5 heteroatoms. The second-order valence-corrected chi connectivity index (χ2v) is 7.15. The van der Waals surface area contributed by atoms with Gasteiger partial charge in [-0.1, -0.05) is 20.8 Å². The van der Waals surface area contributed by atoms with Crippen molar-refractivity contribution in [3.63, 3.8) is 0 Å². The molecule has 1 saturated carbocycles. The summed E-state index contributed by atoms with van der Waals surface area (Å²) in [4.78, 5) is 27.0. The third-order valence-corrected chi connectivity index (χ3v) is 4.48. The lowest BCUT2D eigenvalue weighted by molar-refractivity contribution is -0.137. The predicted molar refractivity (Wildman–Crippen MR) is 76.5 cm³/mol. The molecule has 1 saturated heterocycles. The molecule has 0 aromatic rings. The molecule has 0 aromatic heterocycles. The number of hydrogen-bond donors (Lipinski definition) is 1. The summed E-state index contributed by atoms with van der Waals surface area (Å²) in [6, 6.07) is 0.316. The number of carboxylic acids is 1. The van der Waals surface area contributed by atoms with E-state index in [0.29, 0.717) is 12.5 Å². The fourth-order valence-electron chi connectivity index (χ4n) is 2.86. The molecule has 2 amide bonds. The first-order chi connectivity index (χ1) is 9.29. The summed E-state index contributed by atoms with van der Waals surface area (Å²) in [7, 11) is 0. The van der Waals surface area contributed by atoms with Crippen molar-refractivity contribution in [1.82, 2.24) is 9.80 Å². The Bertz CT molecular complexity index is 385. The number of likely N-dealkylation sites (tertiary alicyclic amines) is 1. The SMILES string of the molecule is CC(C)(C)C1CCN(C(=O)N(CCC(=O)O)C2CC2)C1. The highest BCUT2D eigenvalue weighted by molar-refractivity contribution is 5.76. The molecule has 1 aliphatic carbocycles. The topological polar surface area (TPSA) is 60.9 Å². The van der Waals surface area contributed by atoms with E-state index in [1.54, 1.807) is 4.90 Å². The number of nitrogens with zero attached hydrogens (tertiary/aromatic N) is 2. The van der Waals surface area contributed by atoms with E-state index in [2.05, 4.69) is 20.8 Å². The van der Waals surface area contributed by atoms with Crippen molar-refractivity contribution in [3.8, 4) is 0 Å². The molecule has 2 aliphatic rings. The van der Waals surface area contributed by atoms with Gasteiger partial charge in [0.2, 0.25) is 0 Å². The van der Waals surface area contributed by atoms with Crippen LogP contribution in [0.2, 0.25) is 0 Å². The first-order valence-corrected chi connectivity index (χ1v) is 7.56. The van der Waals surface area contributed by atoms with Crippen molar-refractivity contribution < 1.29 is 14.7 Å². The van der Waals surface area contributed by atoms with E-state index < -0.39 is 5.97 Å². The monoisotopic (exact) mass is 282 g/mol. The average molecular weight is 282 g/mol. The number of carboxylic acid groups (broad SMARTS) is 1. The van der Waals surface area contributed by atoms with Crippen molar-refractivity contribution in [2.24, 2.45) is 11.3 Å². The van der Waals surface area contributed by atoms with Gasteiger partial charge in [0, 0.05) is 25.7 Å². The molecule has 114 valence electrons. The Morgan fingerprint density at radius 3 is 2.35 bits per heavy atom. The Labute approximate surface area is 120 Å². The minimum atomic E-state index is -0.836. The van der Waals surface area contributed by atoms with E-state index in [4.69, 9.17) is 5.11 Å². The Kier molecular flexibility index (Phi) is 4.25. The zero-order chi connectivity index (χ0) is 14.9. The standard InChI is InChI=1S/C15H26N2O3/c1-15(2,3)11-6-8-16(10-11)14(20)17(12-4-5-12)9-7-13(18)19/h11-12H,4-10H2,1-3H3,(H,18,19). The number of hydrogen-bond acceptors (Lipinski definition) is 2. The van der Waals surface area contributed by atoms with Gasteiger partial charge in [-0.3, -0.25) is 4.79 Å². The zero-order valence-corrected chi connectivity index (χ0v) is 12.8. The van der Waals surface area contributed by atoms with Crippen LogP contribution >= 0.6 is 0 Å². The first kappa shape index (κ1) is 15.1. The van der Waals surface area contributed by atoms with Crippen LogP contribution in [-0.2, 0) is 4.79 Å². The Balaban J connectivity index is 1.93. The van der Waals surface area contributed by atoms with Gasteiger partial charge >= 0.3 is 12.0 Å².